The third-order valence-electron chi connectivity index (χ3n) is 6.34. The molecule has 154 valence electrons. The third kappa shape index (κ3) is 2.91. The zero-order chi connectivity index (χ0) is 21.8. The van der Waals surface area contributed by atoms with Crippen LogP contribution in [0.2, 0.25) is 0 Å². The van der Waals surface area contributed by atoms with Gasteiger partial charge in [0, 0.05) is 22.1 Å². The van der Waals surface area contributed by atoms with Gasteiger partial charge in [0.1, 0.15) is 11.5 Å². The number of hydrogen-bond acceptors (Lipinski definition) is 2. The average molecular weight is 414 g/mol. The zero-order valence-electron chi connectivity index (χ0n) is 18.4. The molecule has 1 aliphatic heterocycles. The van der Waals surface area contributed by atoms with Crippen LogP contribution in [-0.4, -0.2) is 4.98 Å². The largest absolute Gasteiger partial charge is 0.456 e. The molecule has 0 unspecified atom stereocenters. The highest BCUT2D eigenvalue weighted by Crippen LogP contribution is 2.47. The van der Waals surface area contributed by atoms with E-state index in [1.54, 1.807) is 0 Å². The summed E-state index contributed by atoms with van der Waals surface area (Å²) in [6, 6.07) is 29.8. The summed E-state index contributed by atoms with van der Waals surface area (Å²) in [6.45, 7) is 6.46. The number of benzene rings is 4. The van der Waals surface area contributed by atoms with Gasteiger partial charge in [0.2, 0.25) is 0 Å². The normalized spacial score (nSPS) is 11.8. The summed E-state index contributed by atoms with van der Waals surface area (Å²) >= 11 is 0. The topological polar surface area (TPSA) is 22.1 Å². The lowest BCUT2D eigenvalue weighted by atomic mass is 9.93. The summed E-state index contributed by atoms with van der Waals surface area (Å²) in [6.07, 6.45) is 0. The number of aryl methyl sites for hydroxylation is 3. The van der Waals surface area contributed by atoms with Gasteiger partial charge in [-0.2, -0.15) is 0 Å². The lowest BCUT2D eigenvalue weighted by Crippen LogP contribution is -1.93. The molecule has 0 spiro atoms. The van der Waals surface area contributed by atoms with E-state index in [1.807, 2.05) is 12.1 Å². The molecule has 32 heavy (non-hydrogen) atoms. The van der Waals surface area contributed by atoms with E-state index in [1.165, 1.54) is 33.2 Å². The maximum Gasteiger partial charge on any atom is 0.135 e. The van der Waals surface area contributed by atoms with Gasteiger partial charge in [0.25, 0.3) is 0 Å². The smallest absolute Gasteiger partial charge is 0.135 e. The van der Waals surface area contributed by atoms with Crippen molar-refractivity contribution in [1.29, 1.82) is 0 Å². The Balaban J connectivity index is 1.56. The maximum absolute atomic E-state index is 6.48. The van der Waals surface area contributed by atoms with Gasteiger partial charge in [-0.25, -0.2) is 4.98 Å². The lowest BCUT2D eigenvalue weighted by molar-refractivity contribution is 0.488. The highest BCUT2D eigenvalue weighted by Gasteiger charge is 2.21. The van der Waals surface area contributed by atoms with Gasteiger partial charge in [0.05, 0.1) is 11.2 Å². The third-order valence-corrected chi connectivity index (χ3v) is 6.34. The van der Waals surface area contributed by atoms with Crippen LogP contribution in [0.1, 0.15) is 16.7 Å². The molecule has 6 rings (SSSR count). The number of aromatic nitrogens is 1. The van der Waals surface area contributed by atoms with Crippen LogP contribution in [0.15, 0.2) is 84.9 Å². The molecule has 0 saturated heterocycles. The van der Waals surface area contributed by atoms with Crippen molar-refractivity contribution >= 4 is 10.9 Å². The van der Waals surface area contributed by atoms with Crippen LogP contribution in [0.25, 0.3) is 44.4 Å². The first kappa shape index (κ1) is 18.8. The Morgan fingerprint density at radius 2 is 1.25 bits per heavy atom. The summed E-state index contributed by atoms with van der Waals surface area (Å²) < 4.78 is 6.48. The Morgan fingerprint density at radius 1 is 0.594 bits per heavy atom. The molecule has 4 aromatic carbocycles. The zero-order valence-corrected chi connectivity index (χ0v) is 18.4. The van der Waals surface area contributed by atoms with Gasteiger partial charge in [-0.05, 0) is 78.9 Å². The van der Waals surface area contributed by atoms with Crippen molar-refractivity contribution in [2.24, 2.45) is 0 Å². The first-order valence-corrected chi connectivity index (χ1v) is 11.0. The number of para-hydroxylation sites is 1. The lowest BCUT2D eigenvalue weighted by Gasteiger charge is -2.13. The van der Waals surface area contributed by atoms with Crippen LogP contribution in [0.3, 0.4) is 0 Å². The first-order valence-electron chi connectivity index (χ1n) is 11.0. The average Bonchev–Trinajstić information content (AvgIpc) is 2.92. The number of fused-ring (bicyclic) bond motifs is 6. The summed E-state index contributed by atoms with van der Waals surface area (Å²) in [7, 11) is 0. The van der Waals surface area contributed by atoms with Gasteiger partial charge in [0.15, 0.2) is 0 Å². The highest BCUT2D eigenvalue weighted by atomic mass is 16.5. The van der Waals surface area contributed by atoms with Crippen molar-refractivity contribution in [3.05, 3.63) is 102 Å². The van der Waals surface area contributed by atoms with Gasteiger partial charge in [-0.1, -0.05) is 54.6 Å². The second-order valence-corrected chi connectivity index (χ2v) is 8.66. The minimum absolute atomic E-state index is 0.861. The van der Waals surface area contributed by atoms with Crippen molar-refractivity contribution in [1.82, 2.24) is 4.98 Å². The van der Waals surface area contributed by atoms with Gasteiger partial charge in [-0.3, -0.25) is 0 Å². The molecule has 2 heteroatoms. The second kappa shape index (κ2) is 7.06. The van der Waals surface area contributed by atoms with Crippen molar-refractivity contribution < 1.29 is 4.74 Å². The van der Waals surface area contributed by atoms with E-state index in [0.29, 0.717) is 0 Å². The summed E-state index contributed by atoms with van der Waals surface area (Å²) in [5.41, 5.74) is 11.4. The van der Waals surface area contributed by atoms with E-state index in [9.17, 15) is 0 Å². The van der Waals surface area contributed by atoms with Gasteiger partial charge in [-0.15, -0.1) is 0 Å². The fourth-order valence-corrected chi connectivity index (χ4v) is 4.97. The van der Waals surface area contributed by atoms with E-state index >= 15 is 0 Å². The number of hydrogen-bond donors (Lipinski definition) is 0. The Morgan fingerprint density at radius 3 is 2.03 bits per heavy atom. The molecule has 1 aliphatic rings. The molecule has 1 aromatic heterocycles. The van der Waals surface area contributed by atoms with E-state index in [4.69, 9.17) is 9.72 Å². The van der Waals surface area contributed by atoms with E-state index < -0.39 is 0 Å². The molecule has 5 aromatic rings. The summed E-state index contributed by atoms with van der Waals surface area (Å²) in [4.78, 5) is 5.03. The standard InChI is InChI=1S/C30H23NO/c1-18-14-19(2)30-20(3)16-26(31-27(30)15-18)21-12-13-25-23-9-5-4-8-22(23)24-10-6-7-11-28(24)32-29(25)17-21/h4-17H,1-3H3. The number of pyridine rings is 1. The van der Waals surface area contributed by atoms with Crippen LogP contribution in [0, 0.1) is 20.8 Å². The number of ether oxygens (including phenoxy) is 1. The van der Waals surface area contributed by atoms with Gasteiger partial charge >= 0.3 is 0 Å². The predicted octanol–water partition coefficient (Wildman–Crippen LogP) is 8.27. The Hall–Kier alpha value is -3.91. The molecular formula is C30H23NO. The highest BCUT2D eigenvalue weighted by molar-refractivity contribution is 5.92. The molecule has 0 N–H and O–H groups in total. The molecular weight excluding hydrogens is 390 g/mol. The van der Waals surface area contributed by atoms with Crippen molar-refractivity contribution in [3.63, 3.8) is 0 Å². The molecule has 0 saturated carbocycles. The minimum Gasteiger partial charge on any atom is -0.456 e. The maximum atomic E-state index is 6.48. The Labute approximate surface area is 188 Å². The van der Waals surface area contributed by atoms with Crippen LogP contribution >= 0.6 is 0 Å². The Bertz CT molecular complexity index is 1530. The van der Waals surface area contributed by atoms with Gasteiger partial charge < -0.3 is 4.74 Å². The monoisotopic (exact) mass is 413 g/mol. The van der Waals surface area contributed by atoms with E-state index in [0.717, 1.165) is 39.4 Å². The predicted molar refractivity (Wildman–Crippen MR) is 132 cm³/mol. The van der Waals surface area contributed by atoms with Crippen LogP contribution < -0.4 is 4.74 Å². The van der Waals surface area contributed by atoms with Crippen molar-refractivity contribution in [3.8, 4) is 45.0 Å². The van der Waals surface area contributed by atoms with E-state index in [-0.39, 0.29) is 0 Å². The number of nitrogens with zero attached hydrogens (tertiary/aromatic N) is 1. The molecule has 2 heterocycles. The Kier molecular flexibility index (Phi) is 4.16. The minimum atomic E-state index is 0.861. The van der Waals surface area contributed by atoms with Crippen LogP contribution in [-0.2, 0) is 0 Å². The summed E-state index contributed by atoms with van der Waals surface area (Å²) in [5, 5.41) is 1.24. The molecule has 0 radical (unpaired) electrons. The molecule has 0 fully saturated rings. The van der Waals surface area contributed by atoms with E-state index in [2.05, 4.69) is 93.6 Å². The molecule has 0 aliphatic carbocycles. The van der Waals surface area contributed by atoms with Crippen LogP contribution in [0.5, 0.6) is 11.5 Å². The fourth-order valence-electron chi connectivity index (χ4n) is 4.97. The number of rotatable bonds is 1. The quantitative estimate of drug-likeness (QED) is 0.271. The van der Waals surface area contributed by atoms with Crippen molar-refractivity contribution in [2.75, 3.05) is 0 Å². The molecule has 0 bridgehead atoms. The fraction of sp³-hybridized carbons (Fsp3) is 0.100. The van der Waals surface area contributed by atoms with Crippen LogP contribution in [0.4, 0.5) is 0 Å². The molecule has 0 atom stereocenters. The first-order chi connectivity index (χ1) is 15.6. The van der Waals surface area contributed by atoms with Crippen molar-refractivity contribution in [2.45, 2.75) is 20.8 Å². The second-order valence-electron chi connectivity index (χ2n) is 8.66. The summed E-state index contributed by atoms with van der Waals surface area (Å²) in [5.74, 6) is 1.74. The molecule has 2 nitrogen and oxygen atoms in total. The molecule has 0 amide bonds. The SMILES string of the molecule is Cc1cc(C)c2c(C)cc(-c3ccc4c(c3)Oc3ccccc3-c3ccccc3-4)nc2c1.